The Bertz CT molecular complexity index is 679. The minimum absolute atomic E-state index is 0.0733. The fourth-order valence-corrected chi connectivity index (χ4v) is 2.60. The number of likely N-dealkylation sites (N-methyl/N-ethyl adjacent to an activating group) is 1. The van der Waals surface area contributed by atoms with E-state index in [9.17, 15) is 4.79 Å². The number of aromatic nitrogens is 1. The van der Waals surface area contributed by atoms with Gasteiger partial charge in [0.25, 0.3) is 5.91 Å². The Kier molecular flexibility index (Phi) is 6.62. The average Bonchev–Trinajstić information content (AvgIpc) is 2.67. The lowest BCUT2D eigenvalue weighted by atomic mass is 10.1. The molecule has 0 spiro atoms. The zero-order valence-electron chi connectivity index (χ0n) is 15.1. The molecule has 0 aliphatic carbocycles. The number of nitrogens with zero attached hydrogens (tertiary/aromatic N) is 2. The summed E-state index contributed by atoms with van der Waals surface area (Å²) in [6, 6.07) is 7.27. The third kappa shape index (κ3) is 4.41. The summed E-state index contributed by atoms with van der Waals surface area (Å²) in [4.78, 5) is 18.7. The Morgan fingerprint density at radius 2 is 1.64 bits per heavy atom. The van der Waals surface area contributed by atoms with Crippen molar-refractivity contribution in [3.63, 3.8) is 0 Å². The van der Waals surface area contributed by atoms with Crippen LogP contribution in [0.15, 0.2) is 36.7 Å². The largest absolute Gasteiger partial charge is 0.493 e. The van der Waals surface area contributed by atoms with Gasteiger partial charge in [-0.25, -0.2) is 0 Å². The van der Waals surface area contributed by atoms with Crippen LogP contribution < -0.4 is 14.2 Å². The van der Waals surface area contributed by atoms with Crippen LogP contribution in [0.5, 0.6) is 17.2 Å². The van der Waals surface area contributed by atoms with Crippen LogP contribution in [0.25, 0.3) is 0 Å². The minimum Gasteiger partial charge on any atom is -0.493 e. The Morgan fingerprint density at radius 3 is 2.12 bits per heavy atom. The summed E-state index contributed by atoms with van der Waals surface area (Å²) in [6.45, 7) is 3.19. The van der Waals surface area contributed by atoms with E-state index in [2.05, 4.69) is 4.98 Å². The van der Waals surface area contributed by atoms with Crippen LogP contribution in [-0.4, -0.2) is 50.2 Å². The molecule has 1 aromatic carbocycles. The molecule has 0 aliphatic heterocycles. The Hall–Kier alpha value is -2.76. The number of methoxy groups -OCH3 is 3. The van der Waals surface area contributed by atoms with Crippen molar-refractivity contribution in [1.82, 2.24) is 9.88 Å². The monoisotopic (exact) mass is 344 g/mol. The lowest BCUT2D eigenvalue weighted by molar-refractivity contribution is 0.0765. The Morgan fingerprint density at radius 1 is 1.04 bits per heavy atom. The molecule has 0 saturated heterocycles. The number of ether oxygens (including phenoxy) is 3. The van der Waals surface area contributed by atoms with Crippen LogP contribution in [0.3, 0.4) is 0 Å². The van der Waals surface area contributed by atoms with Gasteiger partial charge in [-0.1, -0.05) is 0 Å². The van der Waals surface area contributed by atoms with E-state index in [1.807, 2.05) is 19.1 Å². The molecule has 1 aromatic heterocycles. The van der Waals surface area contributed by atoms with Crippen molar-refractivity contribution in [2.75, 3.05) is 34.4 Å². The zero-order chi connectivity index (χ0) is 18.2. The van der Waals surface area contributed by atoms with E-state index in [1.165, 1.54) is 21.3 Å². The predicted molar refractivity (Wildman–Crippen MR) is 95.6 cm³/mol. The van der Waals surface area contributed by atoms with Gasteiger partial charge in [-0.2, -0.15) is 0 Å². The summed E-state index contributed by atoms with van der Waals surface area (Å²) in [5.74, 6) is 1.34. The number of hydrogen-bond donors (Lipinski definition) is 0. The van der Waals surface area contributed by atoms with Crippen LogP contribution in [0.1, 0.15) is 22.8 Å². The van der Waals surface area contributed by atoms with E-state index in [-0.39, 0.29) is 5.91 Å². The number of amides is 1. The van der Waals surface area contributed by atoms with Gasteiger partial charge in [-0.05, 0) is 43.2 Å². The molecule has 2 rings (SSSR count). The van der Waals surface area contributed by atoms with Crippen LogP contribution in [0.2, 0.25) is 0 Å². The summed E-state index contributed by atoms with van der Waals surface area (Å²) >= 11 is 0. The quantitative estimate of drug-likeness (QED) is 0.737. The molecule has 0 fully saturated rings. The maximum atomic E-state index is 12.9. The van der Waals surface area contributed by atoms with Gasteiger partial charge in [0.1, 0.15) is 0 Å². The van der Waals surface area contributed by atoms with E-state index in [0.29, 0.717) is 35.9 Å². The van der Waals surface area contributed by atoms with E-state index < -0.39 is 0 Å². The van der Waals surface area contributed by atoms with Crippen LogP contribution in [0, 0.1) is 0 Å². The van der Waals surface area contributed by atoms with Crippen LogP contribution >= 0.6 is 0 Å². The average molecular weight is 344 g/mol. The number of benzene rings is 1. The molecule has 6 nitrogen and oxygen atoms in total. The van der Waals surface area contributed by atoms with Crippen molar-refractivity contribution in [1.29, 1.82) is 0 Å². The van der Waals surface area contributed by atoms with Crippen molar-refractivity contribution >= 4 is 5.91 Å². The van der Waals surface area contributed by atoms with Gasteiger partial charge in [0.2, 0.25) is 5.75 Å². The van der Waals surface area contributed by atoms with E-state index >= 15 is 0 Å². The molecule has 134 valence electrons. The summed E-state index contributed by atoms with van der Waals surface area (Å²) in [6.07, 6.45) is 4.28. The molecule has 0 aliphatic rings. The van der Waals surface area contributed by atoms with Gasteiger partial charge in [-0.3, -0.25) is 9.78 Å². The van der Waals surface area contributed by atoms with Gasteiger partial charge in [-0.15, -0.1) is 0 Å². The van der Waals surface area contributed by atoms with Crippen molar-refractivity contribution in [2.45, 2.75) is 13.3 Å². The van der Waals surface area contributed by atoms with E-state index in [4.69, 9.17) is 14.2 Å². The number of carbonyl (C=O) groups is 1. The summed E-state index contributed by atoms with van der Waals surface area (Å²) in [7, 11) is 4.61. The first-order valence-corrected chi connectivity index (χ1v) is 8.12. The molecule has 0 N–H and O–H groups in total. The SMILES string of the molecule is CCN(CCc1ccncc1)C(=O)c1cc(OC)c(OC)c(OC)c1. The lowest BCUT2D eigenvalue weighted by Gasteiger charge is -2.22. The predicted octanol–water partition coefficient (Wildman–Crippen LogP) is 2.81. The Labute approximate surface area is 148 Å². The maximum absolute atomic E-state index is 12.9. The molecule has 0 saturated carbocycles. The molecule has 2 aromatic rings. The molecule has 1 amide bonds. The number of hydrogen-bond acceptors (Lipinski definition) is 5. The van der Waals surface area contributed by atoms with Crippen molar-refractivity contribution < 1.29 is 19.0 Å². The normalized spacial score (nSPS) is 10.2. The smallest absolute Gasteiger partial charge is 0.254 e. The lowest BCUT2D eigenvalue weighted by Crippen LogP contribution is -2.32. The topological polar surface area (TPSA) is 60.9 Å². The number of rotatable bonds is 8. The summed E-state index contributed by atoms with van der Waals surface area (Å²) in [5.41, 5.74) is 1.65. The molecule has 1 heterocycles. The second kappa shape index (κ2) is 8.92. The van der Waals surface area contributed by atoms with Gasteiger partial charge in [0, 0.05) is 31.0 Å². The molecule has 25 heavy (non-hydrogen) atoms. The van der Waals surface area contributed by atoms with Gasteiger partial charge >= 0.3 is 0 Å². The first-order valence-electron chi connectivity index (χ1n) is 8.12. The number of carbonyl (C=O) groups excluding carboxylic acids is 1. The molecule has 0 radical (unpaired) electrons. The van der Waals surface area contributed by atoms with Crippen molar-refractivity contribution in [3.05, 3.63) is 47.8 Å². The number of pyridine rings is 1. The molecule has 0 atom stereocenters. The van der Waals surface area contributed by atoms with E-state index in [1.54, 1.807) is 29.4 Å². The fraction of sp³-hybridized carbons (Fsp3) is 0.368. The Balaban J connectivity index is 2.21. The van der Waals surface area contributed by atoms with Crippen LogP contribution in [0.4, 0.5) is 0 Å². The van der Waals surface area contributed by atoms with Crippen molar-refractivity contribution in [3.8, 4) is 17.2 Å². The summed E-state index contributed by atoms with van der Waals surface area (Å²) < 4.78 is 16.0. The standard InChI is InChI=1S/C19H24N2O4/c1-5-21(11-8-14-6-9-20-10-7-14)19(22)15-12-16(23-2)18(25-4)17(13-15)24-3/h6-7,9-10,12-13H,5,8,11H2,1-4H3. The fourth-order valence-electron chi connectivity index (χ4n) is 2.60. The molecule has 6 heteroatoms. The highest BCUT2D eigenvalue weighted by Gasteiger charge is 2.20. The van der Waals surface area contributed by atoms with Gasteiger partial charge in [0.15, 0.2) is 11.5 Å². The highest BCUT2D eigenvalue weighted by molar-refractivity contribution is 5.95. The summed E-state index contributed by atoms with van der Waals surface area (Å²) in [5, 5.41) is 0. The second-order valence-electron chi connectivity index (χ2n) is 5.40. The maximum Gasteiger partial charge on any atom is 0.254 e. The molecule has 0 bridgehead atoms. The third-order valence-corrected chi connectivity index (χ3v) is 4.00. The highest BCUT2D eigenvalue weighted by Crippen LogP contribution is 2.38. The second-order valence-corrected chi connectivity index (χ2v) is 5.40. The van der Waals surface area contributed by atoms with Gasteiger partial charge < -0.3 is 19.1 Å². The highest BCUT2D eigenvalue weighted by atomic mass is 16.5. The molecule has 0 unspecified atom stereocenters. The zero-order valence-corrected chi connectivity index (χ0v) is 15.1. The first kappa shape index (κ1) is 18.6. The van der Waals surface area contributed by atoms with E-state index in [0.717, 1.165) is 12.0 Å². The van der Waals surface area contributed by atoms with Crippen LogP contribution in [-0.2, 0) is 6.42 Å². The minimum atomic E-state index is -0.0733. The third-order valence-electron chi connectivity index (χ3n) is 4.00. The molecular weight excluding hydrogens is 320 g/mol. The van der Waals surface area contributed by atoms with Gasteiger partial charge in [0.05, 0.1) is 21.3 Å². The first-order chi connectivity index (χ1) is 12.1. The molecular formula is C19H24N2O4. The van der Waals surface area contributed by atoms with Crippen molar-refractivity contribution in [2.24, 2.45) is 0 Å².